The molecule has 23 heavy (non-hydrogen) atoms. The summed E-state index contributed by atoms with van der Waals surface area (Å²) in [5.74, 6) is 0.485. The van der Waals surface area contributed by atoms with E-state index in [2.05, 4.69) is 6.92 Å². The molecule has 0 unspecified atom stereocenters. The molecule has 0 aromatic heterocycles. The number of ether oxygens (including phenoxy) is 2. The second-order valence-corrected chi connectivity index (χ2v) is 6.02. The van der Waals surface area contributed by atoms with Gasteiger partial charge >= 0.3 is 19.1 Å². The Morgan fingerprint density at radius 3 is 1.91 bits per heavy atom. The zero-order chi connectivity index (χ0) is 17.4. The second-order valence-electron chi connectivity index (χ2n) is 6.02. The van der Waals surface area contributed by atoms with E-state index < -0.39 is 31.3 Å². The molecule has 0 aromatic rings. The summed E-state index contributed by atoms with van der Waals surface area (Å²) in [6.45, 7) is 9.04. The molecule has 0 radical (unpaired) electrons. The molecule has 2 atom stereocenters. The Balaban J connectivity index is 2.74. The first-order chi connectivity index (χ1) is 10.8. The van der Waals surface area contributed by atoms with Crippen molar-refractivity contribution in [2.24, 2.45) is 0 Å². The molecule has 1 saturated heterocycles. The maximum atomic E-state index is 12.1. The standard InChI is InChI=1S/C16H27BO6/c1-6-7-8-9-10-17-22-13(15(18)20-11(2)3)14(23-17)16(19)21-12(4)5/h9-14H,6-8H2,1-5H3/b10-9+/t13-,14-/m1/s1. The summed E-state index contributed by atoms with van der Waals surface area (Å²) in [6, 6.07) is 0. The highest BCUT2D eigenvalue weighted by atomic mass is 16.7. The van der Waals surface area contributed by atoms with Crippen LogP contribution in [-0.2, 0) is 28.4 Å². The van der Waals surface area contributed by atoms with Crippen LogP contribution in [0.1, 0.15) is 53.9 Å². The molecule has 7 heteroatoms. The van der Waals surface area contributed by atoms with Gasteiger partial charge in [0, 0.05) is 0 Å². The fourth-order valence-corrected chi connectivity index (χ4v) is 2.04. The first kappa shape index (κ1) is 19.7. The Bertz CT molecular complexity index is 391. The summed E-state index contributed by atoms with van der Waals surface area (Å²) in [5.41, 5.74) is 0. The Kier molecular flexibility index (Phi) is 8.33. The SMILES string of the molecule is CCCC/C=C/B1O[C@@H](C(=O)OC(C)C)[C@H](C(=O)OC(C)C)O1. The summed E-state index contributed by atoms with van der Waals surface area (Å²) in [6.07, 6.45) is 2.15. The van der Waals surface area contributed by atoms with Gasteiger partial charge in [-0.2, -0.15) is 0 Å². The number of esters is 2. The third kappa shape index (κ3) is 6.75. The van der Waals surface area contributed by atoms with Crippen LogP contribution in [0.4, 0.5) is 0 Å². The van der Waals surface area contributed by atoms with Crippen molar-refractivity contribution in [3.63, 3.8) is 0 Å². The Hall–Kier alpha value is -1.34. The minimum Gasteiger partial charge on any atom is -0.461 e. The molecule has 1 heterocycles. The van der Waals surface area contributed by atoms with Gasteiger partial charge in [-0.05, 0) is 34.1 Å². The maximum absolute atomic E-state index is 12.1. The largest absolute Gasteiger partial charge is 0.487 e. The van der Waals surface area contributed by atoms with Crippen LogP contribution in [0.5, 0.6) is 0 Å². The molecule has 0 N–H and O–H groups in total. The minimum atomic E-state index is -1.11. The second kappa shape index (κ2) is 9.73. The quantitative estimate of drug-likeness (QED) is 0.388. The average molecular weight is 326 g/mol. The Labute approximate surface area is 138 Å². The zero-order valence-corrected chi connectivity index (χ0v) is 14.6. The van der Waals surface area contributed by atoms with Crippen LogP contribution in [0.3, 0.4) is 0 Å². The molecular formula is C16H27BO6. The lowest BCUT2D eigenvalue weighted by atomic mass is 9.90. The number of allylic oxidation sites excluding steroid dienone is 1. The monoisotopic (exact) mass is 326 g/mol. The maximum Gasteiger partial charge on any atom is 0.487 e. The van der Waals surface area contributed by atoms with Gasteiger partial charge in [0.15, 0.2) is 12.2 Å². The smallest absolute Gasteiger partial charge is 0.461 e. The number of hydrogen-bond acceptors (Lipinski definition) is 6. The summed E-state index contributed by atoms with van der Waals surface area (Å²) in [7, 11) is -0.749. The highest BCUT2D eigenvalue weighted by Gasteiger charge is 2.48. The van der Waals surface area contributed by atoms with E-state index in [-0.39, 0.29) is 12.2 Å². The van der Waals surface area contributed by atoms with Gasteiger partial charge in [-0.15, -0.1) is 0 Å². The van der Waals surface area contributed by atoms with Crippen molar-refractivity contribution in [2.45, 2.75) is 78.3 Å². The molecule has 0 aromatic carbocycles. The lowest BCUT2D eigenvalue weighted by Crippen LogP contribution is -2.40. The van der Waals surface area contributed by atoms with Crippen molar-refractivity contribution in [3.8, 4) is 0 Å². The van der Waals surface area contributed by atoms with Gasteiger partial charge in [-0.25, -0.2) is 9.59 Å². The molecular weight excluding hydrogens is 299 g/mol. The van der Waals surface area contributed by atoms with Gasteiger partial charge in [0.05, 0.1) is 12.2 Å². The van der Waals surface area contributed by atoms with Crippen molar-refractivity contribution in [1.29, 1.82) is 0 Å². The van der Waals surface area contributed by atoms with Crippen LogP contribution in [0.25, 0.3) is 0 Å². The Morgan fingerprint density at radius 1 is 1.04 bits per heavy atom. The predicted molar refractivity (Wildman–Crippen MR) is 86.6 cm³/mol. The van der Waals surface area contributed by atoms with Crippen molar-refractivity contribution < 1.29 is 28.4 Å². The van der Waals surface area contributed by atoms with Crippen molar-refractivity contribution in [3.05, 3.63) is 12.1 Å². The normalized spacial score (nSPS) is 21.4. The summed E-state index contributed by atoms with van der Waals surface area (Å²) in [5, 5.41) is 0. The molecule has 0 spiro atoms. The van der Waals surface area contributed by atoms with E-state index in [1.165, 1.54) is 0 Å². The van der Waals surface area contributed by atoms with Crippen LogP contribution in [0.2, 0.25) is 0 Å². The van der Waals surface area contributed by atoms with E-state index in [1.54, 1.807) is 33.7 Å². The Morgan fingerprint density at radius 2 is 1.52 bits per heavy atom. The van der Waals surface area contributed by atoms with Gasteiger partial charge in [0.1, 0.15) is 0 Å². The van der Waals surface area contributed by atoms with E-state index in [9.17, 15) is 9.59 Å². The van der Waals surface area contributed by atoms with Gasteiger partial charge in [-0.1, -0.05) is 31.8 Å². The highest BCUT2D eigenvalue weighted by Crippen LogP contribution is 2.21. The van der Waals surface area contributed by atoms with E-state index in [0.717, 1.165) is 19.3 Å². The highest BCUT2D eigenvalue weighted by molar-refractivity contribution is 6.52. The van der Waals surface area contributed by atoms with Crippen LogP contribution in [0.15, 0.2) is 12.1 Å². The van der Waals surface area contributed by atoms with Gasteiger partial charge in [0.25, 0.3) is 0 Å². The zero-order valence-electron chi connectivity index (χ0n) is 14.6. The first-order valence-corrected chi connectivity index (χ1v) is 8.23. The van der Waals surface area contributed by atoms with E-state index in [1.807, 2.05) is 6.08 Å². The van der Waals surface area contributed by atoms with Crippen molar-refractivity contribution in [2.75, 3.05) is 0 Å². The number of rotatable bonds is 8. The topological polar surface area (TPSA) is 71.1 Å². The molecule has 0 saturated carbocycles. The van der Waals surface area contributed by atoms with Crippen LogP contribution < -0.4 is 0 Å². The van der Waals surface area contributed by atoms with E-state index in [4.69, 9.17) is 18.8 Å². The molecule has 1 aliphatic heterocycles. The number of unbranched alkanes of at least 4 members (excludes halogenated alkanes) is 2. The van der Waals surface area contributed by atoms with Gasteiger partial charge < -0.3 is 18.8 Å². The van der Waals surface area contributed by atoms with Crippen LogP contribution in [-0.4, -0.2) is 43.5 Å². The van der Waals surface area contributed by atoms with E-state index in [0.29, 0.717) is 0 Å². The first-order valence-electron chi connectivity index (χ1n) is 8.23. The van der Waals surface area contributed by atoms with Gasteiger partial charge in [-0.3, -0.25) is 0 Å². The van der Waals surface area contributed by atoms with Gasteiger partial charge in [0.2, 0.25) is 0 Å². The minimum absolute atomic E-state index is 0.299. The van der Waals surface area contributed by atoms with Crippen LogP contribution >= 0.6 is 0 Å². The lowest BCUT2D eigenvalue weighted by molar-refractivity contribution is -0.167. The third-order valence-corrected chi connectivity index (χ3v) is 3.02. The fourth-order valence-electron chi connectivity index (χ4n) is 2.04. The van der Waals surface area contributed by atoms with E-state index >= 15 is 0 Å². The summed E-state index contributed by atoms with van der Waals surface area (Å²) >= 11 is 0. The number of hydrogen-bond donors (Lipinski definition) is 0. The predicted octanol–water partition coefficient (Wildman–Crippen LogP) is 2.45. The summed E-state index contributed by atoms with van der Waals surface area (Å²) < 4.78 is 21.3. The molecule has 1 aliphatic rings. The fraction of sp³-hybridized carbons (Fsp3) is 0.750. The third-order valence-electron chi connectivity index (χ3n) is 3.02. The number of carbonyl (C=O) groups is 2. The molecule has 1 rings (SSSR count). The molecule has 0 bridgehead atoms. The van der Waals surface area contributed by atoms with Crippen molar-refractivity contribution in [1.82, 2.24) is 0 Å². The summed E-state index contributed by atoms with van der Waals surface area (Å²) in [4.78, 5) is 24.2. The van der Waals surface area contributed by atoms with Crippen LogP contribution in [0, 0.1) is 0 Å². The molecule has 130 valence electrons. The molecule has 6 nitrogen and oxygen atoms in total. The van der Waals surface area contributed by atoms with Crippen molar-refractivity contribution >= 4 is 19.1 Å². The number of carbonyl (C=O) groups excluding carboxylic acids is 2. The molecule has 0 aliphatic carbocycles. The molecule has 0 amide bonds. The average Bonchev–Trinajstić information content (AvgIpc) is 2.86. The molecule has 1 fully saturated rings. The lowest BCUT2D eigenvalue weighted by Gasteiger charge is -2.18.